The zero-order valence-corrected chi connectivity index (χ0v) is 15.3. The summed E-state index contributed by atoms with van der Waals surface area (Å²) in [5, 5.41) is 2.52. The van der Waals surface area contributed by atoms with Crippen molar-refractivity contribution in [3.8, 4) is 5.75 Å². The molecule has 0 aliphatic carbocycles. The molecule has 3 aromatic rings. The molecule has 130 valence electrons. The summed E-state index contributed by atoms with van der Waals surface area (Å²) in [4.78, 5) is 0.212. The minimum Gasteiger partial charge on any atom is -0.497 e. The van der Waals surface area contributed by atoms with Gasteiger partial charge in [0.25, 0.3) is 10.0 Å². The molecule has 0 spiro atoms. The van der Waals surface area contributed by atoms with Gasteiger partial charge in [-0.05, 0) is 59.5 Å². The predicted octanol–water partition coefficient (Wildman–Crippen LogP) is 3.73. The third-order valence-corrected chi connectivity index (χ3v) is 6.49. The Labute approximate surface area is 151 Å². The van der Waals surface area contributed by atoms with Crippen LogP contribution in [0.2, 0.25) is 0 Å². The lowest BCUT2D eigenvalue weighted by Crippen LogP contribution is -2.29. The number of nitrogens with two attached hydrogens (primary N) is 1. The van der Waals surface area contributed by atoms with Crippen molar-refractivity contribution in [1.29, 1.82) is 0 Å². The monoisotopic (exact) mass is 374 g/mol. The lowest BCUT2D eigenvalue weighted by atomic mass is 10.2. The number of sulfonamides is 1. The molecule has 7 heteroatoms. The normalized spacial score (nSPS) is 11.2. The van der Waals surface area contributed by atoms with Gasteiger partial charge in [0, 0.05) is 5.69 Å². The number of nitrogen functional groups attached to an aromatic ring is 1. The van der Waals surface area contributed by atoms with Crippen LogP contribution in [0.5, 0.6) is 5.75 Å². The number of hydrogen-bond acceptors (Lipinski definition) is 5. The fourth-order valence-corrected chi connectivity index (χ4v) is 4.77. The van der Waals surface area contributed by atoms with Crippen molar-refractivity contribution in [3.05, 3.63) is 71.6 Å². The largest absolute Gasteiger partial charge is 0.497 e. The van der Waals surface area contributed by atoms with Gasteiger partial charge in [-0.3, -0.25) is 4.31 Å². The van der Waals surface area contributed by atoms with Gasteiger partial charge in [0.15, 0.2) is 0 Å². The second kappa shape index (κ2) is 7.16. The number of methoxy groups -OCH3 is 1. The van der Waals surface area contributed by atoms with E-state index in [-0.39, 0.29) is 11.4 Å². The summed E-state index contributed by atoms with van der Waals surface area (Å²) in [5.41, 5.74) is 7.07. The molecule has 0 aliphatic heterocycles. The molecule has 2 N–H and O–H groups in total. The van der Waals surface area contributed by atoms with E-state index < -0.39 is 10.0 Å². The van der Waals surface area contributed by atoms with Crippen molar-refractivity contribution >= 4 is 32.0 Å². The maximum atomic E-state index is 13.1. The number of thiophene rings is 1. The van der Waals surface area contributed by atoms with E-state index in [1.807, 2.05) is 35.7 Å². The number of benzene rings is 2. The van der Waals surface area contributed by atoms with Crippen LogP contribution >= 0.6 is 11.3 Å². The second-order valence-corrected chi connectivity index (χ2v) is 8.17. The molecule has 0 saturated heterocycles. The number of nitrogens with zero attached hydrogens (tertiary/aromatic N) is 1. The lowest BCUT2D eigenvalue weighted by Gasteiger charge is -2.23. The van der Waals surface area contributed by atoms with Gasteiger partial charge >= 0.3 is 0 Å². The van der Waals surface area contributed by atoms with Crippen molar-refractivity contribution in [2.45, 2.75) is 11.4 Å². The highest BCUT2D eigenvalue weighted by atomic mass is 32.2. The summed E-state index contributed by atoms with van der Waals surface area (Å²) in [6.45, 7) is 0.233. The van der Waals surface area contributed by atoms with Crippen LogP contribution in [0.1, 0.15) is 5.56 Å². The van der Waals surface area contributed by atoms with E-state index in [9.17, 15) is 8.42 Å². The molecule has 0 unspecified atom stereocenters. The smallest absolute Gasteiger partial charge is 0.265 e. The molecule has 1 heterocycles. The second-order valence-electron chi connectivity index (χ2n) is 5.38. The zero-order chi connectivity index (χ0) is 17.9. The van der Waals surface area contributed by atoms with Crippen molar-refractivity contribution in [2.24, 2.45) is 0 Å². The number of hydrogen-bond donors (Lipinski definition) is 1. The Kier molecular flexibility index (Phi) is 4.96. The van der Waals surface area contributed by atoms with Gasteiger partial charge < -0.3 is 10.5 Å². The van der Waals surface area contributed by atoms with Gasteiger partial charge in [-0.2, -0.15) is 0 Å². The fraction of sp³-hybridized carbons (Fsp3) is 0.111. The van der Waals surface area contributed by atoms with Crippen molar-refractivity contribution in [2.75, 3.05) is 17.1 Å². The van der Waals surface area contributed by atoms with Gasteiger partial charge in [0.05, 0.1) is 18.6 Å². The van der Waals surface area contributed by atoms with Crippen LogP contribution in [-0.2, 0) is 16.6 Å². The molecule has 0 amide bonds. The van der Waals surface area contributed by atoms with E-state index >= 15 is 0 Å². The van der Waals surface area contributed by atoms with Gasteiger partial charge in [0.2, 0.25) is 0 Å². The van der Waals surface area contributed by atoms with E-state index in [2.05, 4.69) is 0 Å². The topological polar surface area (TPSA) is 72.6 Å². The third kappa shape index (κ3) is 3.78. The molecule has 0 saturated carbocycles. The van der Waals surface area contributed by atoms with E-state index in [4.69, 9.17) is 10.5 Å². The summed E-state index contributed by atoms with van der Waals surface area (Å²) in [7, 11) is -2.10. The van der Waals surface area contributed by atoms with Gasteiger partial charge in [-0.15, -0.1) is 11.3 Å². The number of anilines is 2. The number of rotatable bonds is 6. The van der Waals surface area contributed by atoms with Gasteiger partial charge in [0.1, 0.15) is 10.8 Å². The van der Waals surface area contributed by atoms with Gasteiger partial charge in [-0.1, -0.05) is 12.1 Å². The van der Waals surface area contributed by atoms with Crippen LogP contribution in [0.3, 0.4) is 0 Å². The summed E-state index contributed by atoms with van der Waals surface area (Å²) < 4.78 is 32.8. The molecular formula is C18H18N2O3S2. The lowest BCUT2D eigenvalue weighted by molar-refractivity contribution is 0.414. The van der Waals surface area contributed by atoms with E-state index in [0.717, 1.165) is 11.3 Å². The summed E-state index contributed by atoms with van der Waals surface area (Å²) in [6.07, 6.45) is 0. The van der Waals surface area contributed by atoms with Crippen LogP contribution < -0.4 is 14.8 Å². The average molecular weight is 374 g/mol. The van der Waals surface area contributed by atoms with Crippen LogP contribution in [0.4, 0.5) is 10.7 Å². The summed E-state index contributed by atoms with van der Waals surface area (Å²) >= 11 is 1.38. The highest BCUT2D eigenvalue weighted by molar-refractivity contribution is 7.93. The molecule has 1 aromatic heterocycles. The quantitative estimate of drug-likeness (QED) is 0.667. The standard InChI is InChI=1S/C18H18N2O3S2/c1-23-16-8-4-14(5-9-16)13-20(18-3-2-12-24-18)25(21,22)17-10-6-15(19)7-11-17/h2-12H,13,19H2,1H3. The Morgan fingerprint density at radius 2 is 1.72 bits per heavy atom. The highest BCUT2D eigenvalue weighted by Gasteiger charge is 2.25. The van der Waals surface area contributed by atoms with E-state index in [1.165, 1.54) is 27.8 Å². The molecule has 0 aliphatic rings. The van der Waals surface area contributed by atoms with Crippen LogP contribution in [0.15, 0.2) is 70.9 Å². The predicted molar refractivity (Wildman–Crippen MR) is 102 cm³/mol. The van der Waals surface area contributed by atoms with Crippen LogP contribution in [0, 0.1) is 0 Å². The first-order valence-electron chi connectivity index (χ1n) is 7.55. The van der Waals surface area contributed by atoms with Crippen molar-refractivity contribution in [3.63, 3.8) is 0 Å². The fourth-order valence-electron chi connectivity index (χ4n) is 2.36. The van der Waals surface area contributed by atoms with E-state index in [1.54, 1.807) is 25.3 Å². The minimum atomic E-state index is -3.70. The molecule has 25 heavy (non-hydrogen) atoms. The maximum absolute atomic E-state index is 13.1. The van der Waals surface area contributed by atoms with Crippen molar-refractivity contribution in [1.82, 2.24) is 0 Å². The number of ether oxygens (including phenoxy) is 1. The van der Waals surface area contributed by atoms with Crippen LogP contribution in [0.25, 0.3) is 0 Å². The highest BCUT2D eigenvalue weighted by Crippen LogP contribution is 2.30. The first-order chi connectivity index (χ1) is 12.0. The Hall–Kier alpha value is -2.51. The molecule has 0 fully saturated rings. The molecule has 0 bridgehead atoms. The maximum Gasteiger partial charge on any atom is 0.265 e. The first kappa shape index (κ1) is 17.3. The Bertz CT molecular complexity index is 919. The molecule has 5 nitrogen and oxygen atoms in total. The first-order valence-corrected chi connectivity index (χ1v) is 9.87. The van der Waals surface area contributed by atoms with Gasteiger partial charge in [-0.25, -0.2) is 8.42 Å². The van der Waals surface area contributed by atoms with Crippen molar-refractivity contribution < 1.29 is 13.2 Å². The molecule has 3 rings (SSSR count). The minimum absolute atomic E-state index is 0.212. The summed E-state index contributed by atoms with van der Waals surface area (Å²) in [5.74, 6) is 0.729. The average Bonchev–Trinajstić information content (AvgIpc) is 3.14. The Balaban J connectivity index is 1.98. The molecule has 2 aromatic carbocycles. The van der Waals surface area contributed by atoms with E-state index in [0.29, 0.717) is 10.7 Å². The Morgan fingerprint density at radius 3 is 2.28 bits per heavy atom. The molecule has 0 atom stereocenters. The Morgan fingerprint density at radius 1 is 1.04 bits per heavy atom. The summed E-state index contributed by atoms with van der Waals surface area (Å²) in [6, 6.07) is 17.2. The molecule has 0 radical (unpaired) electrons. The third-order valence-electron chi connectivity index (χ3n) is 3.71. The SMILES string of the molecule is COc1ccc(CN(c2cccs2)S(=O)(=O)c2ccc(N)cc2)cc1. The molecular weight excluding hydrogens is 356 g/mol. The van der Waals surface area contributed by atoms with Crippen LogP contribution in [-0.4, -0.2) is 15.5 Å². The zero-order valence-electron chi connectivity index (χ0n) is 13.6.